The number of morpholine rings is 1. The molecule has 3 heterocycles. The summed E-state index contributed by atoms with van der Waals surface area (Å²) < 4.78 is 66.0. The molecule has 5 nitrogen and oxygen atoms in total. The second kappa shape index (κ2) is 9.71. The zero-order chi connectivity index (χ0) is 25.4. The Bertz CT molecular complexity index is 1240. The number of hydrogen-bond acceptors (Lipinski definition) is 5. The van der Waals surface area contributed by atoms with Gasteiger partial charge in [0.2, 0.25) is 0 Å². The molecular weight excluding hydrogens is 474 g/mol. The summed E-state index contributed by atoms with van der Waals surface area (Å²) in [5.74, 6) is -0.280. The number of aryl methyl sites for hydroxylation is 1. The lowest BCUT2D eigenvalue weighted by molar-refractivity contribution is -0.137. The lowest BCUT2D eigenvalue weighted by Gasteiger charge is -2.43. The molecule has 1 N–H and O–H groups in total. The molecule has 2 fully saturated rings. The number of nitrogens with zero attached hydrogens (tertiary/aromatic N) is 2. The number of methoxy groups -OCH3 is 1. The van der Waals surface area contributed by atoms with Gasteiger partial charge in [0.25, 0.3) is 0 Å². The molecule has 0 bridgehead atoms. The molecular formula is C27H27F4N3O2. The Hall–Kier alpha value is -3.17. The van der Waals surface area contributed by atoms with Crippen LogP contribution in [0.1, 0.15) is 17.5 Å². The highest BCUT2D eigenvalue weighted by Gasteiger charge is 2.35. The van der Waals surface area contributed by atoms with Crippen LogP contribution in [-0.2, 0) is 10.9 Å². The minimum absolute atomic E-state index is 0.0369. The summed E-state index contributed by atoms with van der Waals surface area (Å²) >= 11 is 0. The zero-order valence-electron chi connectivity index (χ0n) is 20.0. The van der Waals surface area contributed by atoms with Gasteiger partial charge in [-0.05, 0) is 54.8 Å². The Kier molecular flexibility index (Phi) is 6.61. The van der Waals surface area contributed by atoms with Gasteiger partial charge in [-0.1, -0.05) is 6.07 Å². The van der Waals surface area contributed by atoms with Crippen LogP contribution in [0.2, 0.25) is 0 Å². The Labute approximate surface area is 207 Å². The van der Waals surface area contributed by atoms with E-state index in [4.69, 9.17) is 9.47 Å². The third kappa shape index (κ3) is 4.77. The largest absolute Gasteiger partial charge is 0.496 e. The van der Waals surface area contributed by atoms with E-state index in [1.54, 1.807) is 12.4 Å². The molecule has 0 saturated carbocycles. The van der Waals surface area contributed by atoms with E-state index in [-0.39, 0.29) is 23.7 Å². The monoisotopic (exact) mass is 501 g/mol. The van der Waals surface area contributed by atoms with Crippen LogP contribution in [0.3, 0.4) is 0 Å². The normalized spacial score (nSPS) is 20.2. The lowest BCUT2D eigenvalue weighted by Crippen LogP contribution is -2.57. The van der Waals surface area contributed by atoms with Crippen molar-refractivity contribution in [1.29, 1.82) is 0 Å². The standard InChI is InChI=1S/C27H27F4N3O2/c1-16-9-17(11-19(28)10-16)21-13-32-14-22(20-4-3-18(27(29,30)31)12-24(20)35-2)26(21)34-7-5-23-25(15-34)36-8-6-33-23/h3-4,9-14,23,25,33H,5-8,15H2,1-2H3/t23-,25?/m1/s1. The van der Waals surface area contributed by atoms with Gasteiger partial charge >= 0.3 is 6.18 Å². The van der Waals surface area contributed by atoms with Gasteiger partial charge in [-0.15, -0.1) is 0 Å². The highest BCUT2D eigenvalue weighted by molar-refractivity contribution is 5.92. The molecule has 3 aromatic rings. The second-order valence-corrected chi connectivity index (χ2v) is 9.22. The number of benzene rings is 2. The van der Waals surface area contributed by atoms with Crippen molar-refractivity contribution < 1.29 is 27.0 Å². The van der Waals surface area contributed by atoms with E-state index < -0.39 is 11.7 Å². The minimum Gasteiger partial charge on any atom is -0.496 e. The SMILES string of the molecule is COc1cc(C(F)(F)F)ccc1-c1cncc(-c2cc(C)cc(F)c2)c1N1CC[C@H]2NCCOC2C1. The first-order valence-corrected chi connectivity index (χ1v) is 11.9. The van der Waals surface area contributed by atoms with E-state index >= 15 is 0 Å². The maximum atomic E-state index is 14.4. The maximum Gasteiger partial charge on any atom is 0.416 e. The van der Waals surface area contributed by atoms with Crippen molar-refractivity contribution in [1.82, 2.24) is 10.3 Å². The number of hydrogen-bond donors (Lipinski definition) is 1. The average molecular weight is 502 g/mol. The molecule has 2 aromatic carbocycles. The van der Waals surface area contributed by atoms with Crippen molar-refractivity contribution in [2.24, 2.45) is 0 Å². The molecule has 1 unspecified atom stereocenters. The van der Waals surface area contributed by atoms with E-state index in [0.29, 0.717) is 42.0 Å². The van der Waals surface area contributed by atoms with Crippen LogP contribution in [0.4, 0.5) is 23.2 Å². The van der Waals surface area contributed by atoms with Crippen molar-refractivity contribution in [3.8, 4) is 28.0 Å². The van der Waals surface area contributed by atoms with Crippen LogP contribution in [0.25, 0.3) is 22.3 Å². The number of anilines is 1. The summed E-state index contributed by atoms with van der Waals surface area (Å²) in [4.78, 5) is 6.57. The topological polar surface area (TPSA) is 46.6 Å². The molecule has 1 aromatic heterocycles. The first-order valence-electron chi connectivity index (χ1n) is 11.9. The first-order chi connectivity index (χ1) is 17.2. The summed E-state index contributed by atoms with van der Waals surface area (Å²) in [7, 11) is 1.35. The first kappa shape index (κ1) is 24.5. The number of fused-ring (bicyclic) bond motifs is 1. The quantitative estimate of drug-likeness (QED) is 0.482. The summed E-state index contributed by atoms with van der Waals surface area (Å²) in [6.45, 7) is 4.51. The van der Waals surface area contributed by atoms with E-state index in [9.17, 15) is 17.6 Å². The van der Waals surface area contributed by atoms with Gasteiger partial charge < -0.3 is 19.7 Å². The summed E-state index contributed by atoms with van der Waals surface area (Å²) in [5.41, 5.74) is 3.16. The molecule has 2 saturated heterocycles. The van der Waals surface area contributed by atoms with Gasteiger partial charge in [0.05, 0.1) is 31.1 Å². The Morgan fingerprint density at radius 3 is 2.64 bits per heavy atom. The molecule has 0 radical (unpaired) electrons. The number of ether oxygens (including phenoxy) is 2. The number of rotatable bonds is 4. The Balaban J connectivity index is 1.68. The smallest absolute Gasteiger partial charge is 0.416 e. The van der Waals surface area contributed by atoms with E-state index in [1.807, 2.05) is 13.0 Å². The molecule has 190 valence electrons. The molecule has 36 heavy (non-hydrogen) atoms. The third-order valence-electron chi connectivity index (χ3n) is 6.81. The van der Waals surface area contributed by atoms with Crippen molar-refractivity contribution in [3.05, 3.63) is 65.7 Å². The van der Waals surface area contributed by atoms with Crippen molar-refractivity contribution in [2.75, 3.05) is 38.3 Å². The second-order valence-electron chi connectivity index (χ2n) is 9.22. The molecule has 0 aliphatic carbocycles. The summed E-state index contributed by atoms with van der Waals surface area (Å²) in [5, 5.41) is 3.50. The molecule has 0 spiro atoms. The minimum atomic E-state index is -4.50. The number of alkyl halides is 3. The van der Waals surface area contributed by atoms with Gasteiger partial charge in [0.1, 0.15) is 11.6 Å². The third-order valence-corrected chi connectivity index (χ3v) is 6.81. The molecule has 2 aliphatic rings. The van der Waals surface area contributed by atoms with Crippen LogP contribution >= 0.6 is 0 Å². The predicted molar refractivity (Wildman–Crippen MR) is 130 cm³/mol. The predicted octanol–water partition coefficient (Wildman–Crippen LogP) is 5.46. The van der Waals surface area contributed by atoms with Crippen molar-refractivity contribution in [2.45, 2.75) is 31.7 Å². The number of nitrogens with one attached hydrogen (secondary N) is 1. The highest BCUT2D eigenvalue weighted by atomic mass is 19.4. The maximum absolute atomic E-state index is 14.4. The number of halogens is 4. The molecule has 2 aliphatic heterocycles. The van der Waals surface area contributed by atoms with E-state index in [1.165, 1.54) is 25.3 Å². The van der Waals surface area contributed by atoms with Gasteiger partial charge in [-0.3, -0.25) is 4.98 Å². The van der Waals surface area contributed by atoms with Gasteiger partial charge in [-0.2, -0.15) is 13.2 Å². The van der Waals surface area contributed by atoms with Crippen molar-refractivity contribution >= 4 is 5.69 Å². The zero-order valence-corrected chi connectivity index (χ0v) is 20.0. The summed E-state index contributed by atoms with van der Waals surface area (Å²) in [6, 6.07) is 8.47. The number of aromatic nitrogens is 1. The van der Waals surface area contributed by atoms with Crippen LogP contribution in [-0.4, -0.2) is 50.5 Å². The van der Waals surface area contributed by atoms with E-state index in [0.717, 1.165) is 36.3 Å². The number of pyridine rings is 1. The fraction of sp³-hybridized carbons (Fsp3) is 0.370. The Morgan fingerprint density at radius 1 is 1.08 bits per heavy atom. The molecule has 9 heteroatoms. The molecule has 0 amide bonds. The highest BCUT2D eigenvalue weighted by Crippen LogP contribution is 2.45. The molecule has 2 atom stereocenters. The van der Waals surface area contributed by atoms with Gasteiger partial charge in [0.15, 0.2) is 0 Å². The average Bonchev–Trinajstić information content (AvgIpc) is 2.86. The van der Waals surface area contributed by atoms with E-state index in [2.05, 4.69) is 15.2 Å². The van der Waals surface area contributed by atoms with Crippen LogP contribution < -0.4 is 15.0 Å². The fourth-order valence-corrected chi connectivity index (χ4v) is 5.16. The molecule has 5 rings (SSSR count). The van der Waals surface area contributed by atoms with Crippen LogP contribution in [0, 0.1) is 12.7 Å². The van der Waals surface area contributed by atoms with Crippen LogP contribution in [0.5, 0.6) is 5.75 Å². The number of piperidine rings is 1. The summed E-state index contributed by atoms with van der Waals surface area (Å²) in [6.07, 6.45) is -0.401. The van der Waals surface area contributed by atoms with Crippen LogP contribution in [0.15, 0.2) is 48.8 Å². The van der Waals surface area contributed by atoms with Crippen molar-refractivity contribution in [3.63, 3.8) is 0 Å². The fourth-order valence-electron chi connectivity index (χ4n) is 5.16. The van der Waals surface area contributed by atoms with Gasteiger partial charge in [-0.25, -0.2) is 4.39 Å². The Morgan fingerprint density at radius 2 is 1.89 bits per heavy atom. The van der Waals surface area contributed by atoms with Gasteiger partial charge in [0, 0.05) is 54.8 Å². The lowest BCUT2D eigenvalue weighted by atomic mass is 9.93.